The number of esters is 1. The number of fused-ring (bicyclic) bond motifs is 1. The maximum absolute atomic E-state index is 11.5. The minimum atomic E-state index is -0.380. The summed E-state index contributed by atoms with van der Waals surface area (Å²) >= 11 is 3.26. The molecule has 6 heteroatoms. The highest BCUT2D eigenvalue weighted by Crippen LogP contribution is 2.21. The molecule has 15 heavy (non-hydrogen) atoms. The van der Waals surface area contributed by atoms with E-state index in [2.05, 4.69) is 30.9 Å². The van der Waals surface area contributed by atoms with E-state index in [-0.39, 0.29) is 5.97 Å². The Hall–Kier alpha value is -1.43. The van der Waals surface area contributed by atoms with Gasteiger partial charge >= 0.3 is 5.97 Å². The highest BCUT2D eigenvalue weighted by atomic mass is 79.9. The van der Waals surface area contributed by atoms with E-state index in [0.717, 1.165) is 0 Å². The molecule has 2 rings (SSSR count). The van der Waals surface area contributed by atoms with Crippen LogP contribution in [0.2, 0.25) is 0 Å². The minimum Gasteiger partial charge on any atom is -0.462 e. The lowest BCUT2D eigenvalue weighted by Crippen LogP contribution is -2.04. The molecule has 0 unspecified atom stereocenters. The number of hydrogen-bond acceptors (Lipinski definition) is 4. The van der Waals surface area contributed by atoms with E-state index < -0.39 is 0 Å². The molecule has 0 atom stereocenters. The lowest BCUT2D eigenvalue weighted by molar-refractivity contribution is 0.0528. The second kappa shape index (κ2) is 3.98. The lowest BCUT2D eigenvalue weighted by Gasteiger charge is -1.98. The molecule has 0 bridgehead atoms. The van der Waals surface area contributed by atoms with Crippen molar-refractivity contribution in [1.29, 1.82) is 0 Å². The molecule has 0 amide bonds. The fourth-order valence-corrected chi connectivity index (χ4v) is 1.67. The number of aromatic nitrogens is 3. The third-order valence-electron chi connectivity index (χ3n) is 1.91. The van der Waals surface area contributed by atoms with Crippen LogP contribution < -0.4 is 0 Å². The molecule has 2 aromatic heterocycles. The molecule has 0 radical (unpaired) electrons. The van der Waals surface area contributed by atoms with Gasteiger partial charge in [0.1, 0.15) is 22.0 Å². The highest BCUT2D eigenvalue weighted by molar-refractivity contribution is 9.10. The molecule has 0 saturated heterocycles. The van der Waals surface area contributed by atoms with E-state index >= 15 is 0 Å². The third kappa shape index (κ3) is 1.72. The van der Waals surface area contributed by atoms with Crippen molar-refractivity contribution in [2.75, 3.05) is 6.61 Å². The number of ether oxygens (including phenoxy) is 1. The molecule has 2 heterocycles. The van der Waals surface area contributed by atoms with Crippen LogP contribution in [-0.4, -0.2) is 27.5 Å². The quantitative estimate of drug-likeness (QED) is 0.668. The van der Waals surface area contributed by atoms with Gasteiger partial charge in [0.15, 0.2) is 0 Å². The first kappa shape index (κ1) is 10.1. The van der Waals surface area contributed by atoms with Gasteiger partial charge in [-0.25, -0.2) is 14.8 Å². The van der Waals surface area contributed by atoms with Gasteiger partial charge in [-0.1, -0.05) is 0 Å². The summed E-state index contributed by atoms with van der Waals surface area (Å²) in [5.74, 6) is -0.380. The van der Waals surface area contributed by atoms with Crippen molar-refractivity contribution in [2.24, 2.45) is 0 Å². The Morgan fingerprint density at radius 1 is 1.60 bits per heavy atom. The molecule has 0 saturated carbocycles. The standard InChI is InChI=1S/C9H8BrN3O2/c1-2-15-9(14)5-3-11-7-6(5)12-4-13-8(7)10/h3-4,11H,2H2,1H3. The molecular weight excluding hydrogens is 262 g/mol. The Morgan fingerprint density at radius 3 is 3.13 bits per heavy atom. The summed E-state index contributed by atoms with van der Waals surface area (Å²) in [6.45, 7) is 2.11. The number of H-pyrrole nitrogens is 1. The minimum absolute atomic E-state index is 0.345. The van der Waals surface area contributed by atoms with Crippen LogP contribution in [0.25, 0.3) is 11.0 Å². The van der Waals surface area contributed by atoms with Gasteiger partial charge in [0.05, 0.1) is 12.1 Å². The molecule has 2 aromatic rings. The van der Waals surface area contributed by atoms with Crippen molar-refractivity contribution in [2.45, 2.75) is 6.92 Å². The van der Waals surface area contributed by atoms with Crippen molar-refractivity contribution in [1.82, 2.24) is 15.0 Å². The van der Waals surface area contributed by atoms with Crippen LogP contribution in [0.1, 0.15) is 17.3 Å². The van der Waals surface area contributed by atoms with Gasteiger partial charge < -0.3 is 9.72 Å². The van der Waals surface area contributed by atoms with E-state index in [1.807, 2.05) is 0 Å². The summed E-state index contributed by atoms with van der Waals surface area (Å²) in [6, 6.07) is 0. The molecule has 0 aliphatic rings. The zero-order chi connectivity index (χ0) is 10.8. The van der Waals surface area contributed by atoms with Gasteiger partial charge in [-0.05, 0) is 22.9 Å². The smallest absolute Gasteiger partial charge is 0.341 e. The van der Waals surface area contributed by atoms with Gasteiger partial charge in [0.2, 0.25) is 0 Å². The van der Waals surface area contributed by atoms with Gasteiger partial charge in [0.25, 0.3) is 0 Å². The number of aromatic amines is 1. The topological polar surface area (TPSA) is 67.9 Å². The number of halogens is 1. The Balaban J connectivity index is 2.54. The Morgan fingerprint density at radius 2 is 2.40 bits per heavy atom. The maximum Gasteiger partial charge on any atom is 0.341 e. The Kier molecular flexibility index (Phi) is 2.68. The average Bonchev–Trinajstić information content (AvgIpc) is 2.63. The van der Waals surface area contributed by atoms with E-state index in [4.69, 9.17) is 4.74 Å². The summed E-state index contributed by atoms with van der Waals surface area (Å²) in [5, 5.41) is 0. The number of nitrogens with zero attached hydrogens (tertiary/aromatic N) is 2. The first-order valence-electron chi connectivity index (χ1n) is 4.38. The van der Waals surface area contributed by atoms with E-state index in [1.165, 1.54) is 6.33 Å². The van der Waals surface area contributed by atoms with Gasteiger partial charge in [0, 0.05) is 6.20 Å². The Labute approximate surface area is 94.0 Å². The van der Waals surface area contributed by atoms with Crippen molar-refractivity contribution >= 4 is 32.9 Å². The predicted molar refractivity (Wildman–Crippen MR) is 57.5 cm³/mol. The first-order chi connectivity index (χ1) is 7.24. The maximum atomic E-state index is 11.5. The third-order valence-corrected chi connectivity index (χ3v) is 2.51. The molecule has 1 N–H and O–H groups in total. The molecule has 0 aliphatic heterocycles. The number of carbonyl (C=O) groups excluding carboxylic acids is 1. The fraction of sp³-hybridized carbons (Fsp3) is 0.222. The zero-order valence-corrected chi connectivity index (χ0v) is 9.54. The second-order valence-electron chi connectivity index (χ2n) is 2.81. The molecular formula is C9H8BrN3O2. The predicted octanol–water partition coefficient (Wildman–Crippen LogP) is 1.90. The average molecular weight is 270 g/mol. The van der Waals surface area contributed by atoms with E-state index in [1.54, 1.807) is 13.1 Å². The van der Waals surface area contributed by atoms with Crippen molar-refractivity contribution in [3.8, 4) is 0 Å². The first-order valence-corrected chi connectivity index (χ1v) is 5.18. The van der Waals surface area contributed by atoms with Crippen molar-refractivity contribution < 1.29 is 9.53 Å². The highest BCUT2D eigenvalue weighted by Gasteiger charge is 2.15. The monoisotopic (exact) mass is 269 g/mol. The van der Waals surface area contributed by atoms with Crippen LogP contribution in [-0.2, 0) is 4.74 Å². The summed E-state index contributed by atoms with van der Waals surface area (Å²) in [6.07, 6.45) is 2.96. The SMILES string of the molecule is CCOC(=O)c1c[nH]c2c(Br)ncnc12. The molecule has 0 fully saturated rings. The van der Waals surface area contributed by atoms with E-state index in [9.17, 15) is 4.79 Å². The molecule has 0 aliphatic carbocycles. The van der Waals surface area contributed by atoms with Crippen molar-refractivity contribution in [3.05, 3.63) is 22.7 Å². The number of rotatable bonds is 2. The number of hydrogen-bond donors (Lipinski definition) is 1. The number of nitrogens with one attached hydrogen (secondary N) is 1. The summed E-state index contributed by atoms with van der Waals surface area (Å²) in [5.41, 5.74) is 1.69. The van der Waals surface area contributed by atoms with Crippen LogP contribution in [0.4, 0.5) is 0 Å². The van der Waals surface area contributed by atoms with Crippen LogP contribution >= 0.6 is 15.9 Å². The Bertz CT molecular complexity index is 509. The van der Waals surface area contributed by atoms with Crippen LogP contribution in [0.15, 0.2) is 17.1 Å². The normalized spacial score (nSPS) is 10.5. The van der Waals surface area contributed by atoms with Gasteiger partial charge in [-0.15, -0.1) is 0 Å². The van der Waals surface area contributed by atoms with Crippen LogP contribution in [0, 0.1) is 0 Å². The van der Waals surface area contributed by atoms with Gasteiger partial charge in [-0.3, -0.25) is 0 Å². The summed E-state index contributed by atoms with van der Waals surface area (Å²) < 4.78 is 5.53. The molecule has 0 spiro atoms. The van der Waals surface area contributed by atoms with Crippen molar-refractivity contribution in [3.63, 3.8) is 0 Å². The van der Waals surface area contributed by atoms with Crippen LogP contribution in [0.5, 0.6) is 0 Å². The lowest BCUT2D eigenvalue weighted by atomic mass is 10.3. The summed E-state index contributed by atoms with van der Waals surface area (Å²) in [7, 11) is 0. The number of carbonyl (C=O) groups is 1. The van der Waals surface area contributed by atoms with Gasteiger partial charge in [-0.2, -0.15) is 0 Å². The molecule has 5 nitrogen and oxygen atoms in total. The molecule has 78 valence electrons. The summed E-state index contributed by atoms with van der Waals surface area (Å²) in [4.78, 5) is 22.4. The van der Waals surface area contributed by atoms with E-state index in [0.29, 0.717) is 27.8 Å². The zero-order valence-electron chi connectivity index (χ0n) is 7.95. The molecule has 0 aromatic carbocycles. The largest absolute Gasteiger partial charge is 0.462 e. The second-order valence-corrected chi connectivity index (χ2v) is 3.56. The van der Waals surface area contributed by atoms with Crippen LogP contribution in [0.3, 0.4) is 0 Å². The fourth-order valence-electron chi connectivity index (χ4n) is 1.27.